The van der Waals surface area contributed by atoms with Gasteiger partial charge >= 0.3 is 0 Å². The van der Waals surface area contributed by atoms with E-state index in [4.69, 9.17) is 10.5 Å². The number of methoxy groups -OCH3 is 1. The number of hydrogen-bond acceptors (Lipinski definition) is 5. The van der Waals surface area contributed by atoms with Crippen LogP contribution in [0.5, 0.6) is 0 Å². The van der Waals surface area contributed by atoms with Crippen molar-refractivity contribution in [2.24, 2.45) is 0 Å². The molecule has 0 amide bonds. The van der Waals surface area contributed by atoms with Gasteiger partial charge in [0, 0.05) is 18.4 Å². The number of ether oxygens (including phenoxy) is 1. The minimum absolute atomic E-state index is 0.180. The number of aromatic nitrogens is 4. The molecule has 2 N–H and O–H groups in total. The monoisotopic (exact) mass is 273 g/mol. The number of nitrogens with zero attached hydrogens (tertiary/aromatic N) is 4. The Morgan fingerprint density at radius 1 is 1.30 bits per heavy atom. The van der Waals surface area contributed by atoms with Crippen LogP contribution in [0.15, 0.2) is 18.2 Å². The van der Waals surface area contributed by atoms with Gasteiger partial charge < -0.3 is 10.5 Å². The Hall–Kier alpha value is -1.95. The molecular weight excluding hydrogens is 254 g/mol. The maximum atomic E-state index is 5.92. The van der Waals surface area contributed by atoms with Gasteiger partial charge in [-0.1, -0.05) is 0 Å². The van der Waals surface area contributed by atoms with Gasteiger partial charge in [-0.25, -0.2) is 4.68 Å². The molecule has 2 atom stereocenters. The largest absolute Gasteiger partial charge is 0.399 e. The van der Waals surface area contributed by atoms with Crippen LogP contribution in [0.3, 0.4) is 0 Å². The highest BCUT2D eigenvalue weighted by Gasteiger charge is 2.31. The van der Waals surface area contributed by atoms with Crippen molar-refractivity contribution in [3.63, 3.8) is 0 Å². The molecule has 1 saturated carbocycles. The third-order valence-electron chi connectivity index (χ3n) is 3.89. The third-order valence-corrected chi connectivity index (χ3v) is 3.89. The third kappa shape index (κ3) is 2.27. The van der Waals surface area contributed by atoms with Crippen molar-refractivity contribution in [1.29, 1.82) is 0 Å². The summed E-state index contributed by atoms with van der Waals surface area (Å²) >= 11 is 0. The van der Waals surface area contributed by atoms with Crippen LogP contribution in [-0.4, -0.2) is 33.4 Å². The van der Waals surface area contributed by atoms with Crippen LogP contribution in [0.4, 0.5) is 5.69 Å². The molecule has 106 valence electrons. The van der Waals surface area contributed by atoms with Gasteiger partial charge in [-0.05, 0) is 60.4 Å². The van der Waals surface area contributed by atoms with E-state index in [0.29, 0.717) is 0 Å². The Bertz CT molecular complexity index is 589. The van der Waals surface area contributed by atoms with Gasteiger partial charge in [-0.15, -0.1) is 5.10 Å². The van der Waals surface area contributed by atoms with Crippen molar-refractivity contribution >= 4 is 5.69 Å². The van der Waals surface area contributed by atoms with Crippen molar-refractivity contribution in [2.45, 2.75) is 38.3 Å². The second-order valence-corrected chi connectivity index (χ2v) is 5.35. The van der Waals surface area contributed by atoms with E-state index in [9.17, 15) is 0 Å². The number of hydrogen-bond donors (Lipinski definition) is 1. The number of nitrogen functional groups attached to an aromatic ring is 1. The van der Waals surface area contributed by atoms with Gasteiger partial charge in [-0.3, -0.25) is 0 Å². The zero-order valence-electron chi connectivity index (χ0n) is 11.8. The summed E-state index contributed by atoms with van der Waals surface area (Å²) in [7, 11) is 1.75. The maximum Gasteiger partial charge on any atom is 0.182 e. The molecule has 2 aromatic rings. The Morgan fingerprint density at radius 2 is 2.15 bits per heavy atom. The van der Waals surface area contributed by atoms with Crippen LogP contribution < -0.4 is 5.73 Å². The minimum atomic E-state index is 0.180. The average molecular weight is 273 g/mol. The van der Waals surface area contributed by atoms with E-state index in [-0.39, 0.29) is 12.1 Å². The van der Waals surface area contributed by atoms with Gasteiger partial charge in [-0.2, -0.15) is 0 Å². The topological polar surface area (TPSA) is 78.8 Å². The first kappa shape index (κ1) is 13.1. The second kappa shape index (κ2) is 5.20. The van der Waals surface area contributed by atoms with Gasteiger partial charge in [0.05, 0.1) is 12.1 Å². The molecule has 1 aromatic carbocycles. The summed E-state index contributed by atoms with van der Waals surface area (Å²) in [5.41, 5.74) is 8.70. The number of anilines is 1. The molecule has 1 aromatic heterocycles. The first-order chi connectivity index (χ1) is 9.69. The quantitative estimate of drug-likeness (QED) is 0.865. The SMILES string of the molecule is COC1CCCC1n1nnnc1-c1cc(C)cc(N)c1. The van der Waals surface area contributed by atoms with Gasteiger partial charge in [0.25, 0.3) is 0 Å². The van der Waals surface area contributed by atoms with Crippen LogP contribution >= 0.6 is 0 Å². The van der Waals surface area contributed by atoms with E-state index >= 15 is 0 Å². The molecule has 0 saturated heterocycles. The van der Waals surface area contributed by atoms with Gasteiger partial charge in [0.2, 0.25) is 0 Å². The summed E-state index contributed by atoms with van der Waals surface area (Å²) in [5, 5.41) is 12.2. The molecule has 2 unspecified atom stereocenters. The van der Waals surface area contributed by atoms with E-state index in [0.717, 1.165) is 41.9 Å². The molecule has 6 heteroatoms. The lowest BCUT2D eigenvalue weighted by molar-refractivity contribution is 0.0708. The van der Waals surface area contributed by atoms with Crippen LogP contribution in [0.2, 0.25) is 0 Å². The zero-order valence-corrected chi connectivity index (χ0v) is 11.8. The molecule has 0 aliphatic heterocycles. The Kier molecular flexibility index (Phi) is 3.40. The molecular formula is C14H19N5O. The Morgan fingerprint density at radius 3 is 2.90 bits per heavy atom. The fourth-order valence-electron chi connectivity index (χ4n) is 3.01. The van der Waals surface area contributed by atoms with E-state index < -0.39 is 0 Å². The Labute approximate surface area is 117 Å². The first-order valence-electron chi connectivity index (χ1n) is 6.87. The molecule has 1 aliphatic carbocycles. The standard InChI is InChI=1S/C14H19N5O/c1-9-6-10(8-11(15)7-9)14-16-17-18-19(14)12-4-3-5-13(12)20-2/h6-8,12-13H,3-5,15H2,1-2H3. The highest BCUT2D eigenvalue weighted by molar-refractivity contribution is 5.62. The molecule has 1 heterocycles. The second-order valence-electron chi connectivity index (χ2n) is 5.35. The first-order valence-corrected chi connectivity index (χ1v) is 6.87. The van der Waals surface area contributed by atoms with E-state index in [1.807, 2.05) is 23.7 Å². The lowest BCUT2D eigenvalue weighted by Crippen LogP contribution is -2.22. The lowest BCUT2D eigenvalue weighted by Gasteiger charge is -2.19. The maximum absolute atomic E-state index is 5.92. The fourth-order valence-corrected chi connectivity index (χ4v) is 3.01. The van der Waals surface area contributed by atoms with Gasteiger partial charge in [0.1, 0.15) is 0 Å². The lowest BCUT2D eigenvalue weighted by atomic mass is 10.1. The molecule has 0 bridgehead atoms. The molecule has 0 spiro atoms. The molecule has 20 heavy (non-hydrogen) atoms. The number of rotatable bonds is 3. The summed E-state index contributed by atoms with van der Waals surface area (Å²) in [6.45, 7) is 2.02. The molecule has 1 aliphatic rings. The summed E-state index contributed by atoms with van der Waals surface area (Å²) in [6, 6.07) is 6.10. The smallest absolute Gasteiger partial charge is 0.182 e. The predicted molar refractivity (Wildman–Crippen MR) is 76.1 cm³/mol. The van der Waals surface area contributed by atoms with Gasteiger partial charge in [0.15, 0.2) is 5.82 Å². The summed E-state index contributed by atoms with van der Waals surface area (Å²) in [5.74, 6) is 0.759. The predicted octanol–water partition coefficient (Wildman–Crippen LogP) is 1.97. The van der Waals surface area contributed by atoms with Crippen LogP contribution in [0, 0.1) is 6.92 Å². The molecule has 3 rings (SSSR count). The number of benzene rings is 1. The summed E-state index contributed by atoms with van der Waals surface area (Å²) < 4.78 is 7.43. The highest BCUT2D eigenvalue weighted by atomic mass is 16.5. The molecule has 6 nitrogen and oxygen atoms in total. The minimum Gasteiger partial charge on any atom is -0.399 e. The van der Waals surface area contributed by atoms with Crippen LogP contribution in [0.25, 0.3) is 11.4 Å². The fraction of sp³-hybridized carbons (Fsp3) is 0.500. The van der Waals surface area contributed by atoms with Crippen LogP contribution in [0.1, 0.15) is 30.9 Å². The molecule has 1 fully saturated rings. The van der Waals surface area contributed by atoms with Crippen LogP contribution in [-0.2, 0) is 4.74 Å². The Balaban J connectivity index is 2.01. The summed E-state index contributed by atoms with van der Waals surface area (Å²) in [6.07, 6.45) is 3.41. The van der Waals surface area contributed by atoms with E-state index in [2.05, 4.69) is 21.6 Å². The van der Waals surface area contributed by atoms with Crippen molar-refractivity contribution in [3.8, 4) is 11.4 Å². The number of nitrogens with two attached hydrogens (primary N) is 1. The number of tetrazole rings is 1. The van der Waals surface area contributed by atoms with Crippen molar-refractivity contribution < 1.29 is 4.74 Å². The zero-order chi connectivity index (χ0) is 14.1. The average Bonchev–Trinajstić information content (AvgIpc) is 3.05. The van der Waals surface area contributed by atoms with Crippen molar-refractivity contribution in [1.82, 2.24) is 20.2 Å². The van der Waals surface area contributed by atoms with E-state index in [1.165, 1.54) is 0 Å². The van der Waals surface area contributed by atoms with Crippen molar-refractivity contribution in [2.75, 3.05) is 12.8 Å². The van der Waals surface area contributed by atoms with Crippen molar-refractivity contribution in [3.05, 3.63) is 23.8 Å². The normalized spacial score (nSPS) is 22.3. The highest BCUT2D eigenvalue weighted by Crippen LogP contribution is 2.34. The number of aryl methyl sites for hydroxylation is 1. The summed E-state index contributed by atoms with van der Waals surface area (Å²) in [4.78, 5) is 0. The van der Waals surface area contributed by atoms with E-state index in [1.54, 1.807) is 7.11 Å². The molecule has 0 radical (unpaired) electrons.